The van der Waals surface area contributed by atoms with Gasteiger partial charge in [-0.05, 0) is 12.8 Å². The minimum Gasteiger partial charge on any atom is -0.356 e. The van der Waals surface area contributed by atoms with Crippen LogP contribution in [0.1, 0.15) is 40.0 Å². The van der Waals surface area contributed by atoms with Crippen molar-refractivity contribution in [3.63, 3.8) is 0 Å². The molecule has 0 saturated carbocycles. The van der Waals surface area contributed by atoms with E-state index in [-0.39, 0.29) is 5.91 Å². The zero-order chi connectivity index (χ0) is 10.5. The fraction of sp³-hybridized carbons (Fsp3) is 0.889. The van der Waals surface area contributed by atoms with Crippen LogP contribution in [-0.2, 0) is 9.63 Å². The molecule has 0 fully saturated rings. The lowest BCUT2D eigenvalue weighted by Gasteiger charge is -2.01. The molecular formula is C9H22N2O2. The average Bonchev–Trinajstić information content (AvgIpc) is 2.20. The third-order valence-corrected chi connectivity index (χ3v) is 1.33. The Bertz CT molecular complexity index is 108. The molecule has 0 aliphatic heterocycles. The van der Waals surface area contributed by atoms with E-state index >= 15 is 0 Å². The Morgan fingerprint density at radius 1 is 1.38 bits per heavy atom. The maximum absolute atomic E-state index is 10.7. The lowest BCUT2D eigenvalue weighted by molar-refractivity contribution is -0.120. The van der Waals surface area contributed by atoms with Crippen LogP contribution >= 0.6 is 0 Å². The lowest BCUT2D eigenvalue weighted by atomic mass is 10.3. The van der Waals surface area contributed by atoms with E-state index in [0.717, 1.165) is 19.4 Å². The maximum Gasteiger partial charge on any atom is 0.219 e. The highest BCUT2D eigenvalue weighted by Crippen LogP contribution is 1.86. The molecule has 0 aliphatic carbocycles. The number of nitrogens with two attached hydrogens (primary N) is 1. The fourth-order valence-corrected chi connectivity index (χ4v) is 0.663. The van der Waals surface area contributed by atoms with Crippen LogP contribution in [0.3, 0.4) is 0 Å². The summed E-state index contributed by atoms with van der Waals surface area (Å²) < 4.78 is 0. The third-order valence-electron chi connectivity index (χ3n) is 1.33. The maximum atomic E-state index is 10.7. The summed E-state index contributed by atoms with van der Waals surface area (Å²) in [5.41, 5.74) is 0. The molecule has 0 aromatic rings. The van der Waals surface area contributed by atoms with Crippen LogP contribution in [0.25, 0.3) is 0 Å². The largest absolute Gasteiger partial charge is 0.356 e. The Morgan fingerprint density at radius 2 is 2.00 bits per heavy atom. The van der Waals surface area contributed by atoms with Gasteiger partial charge in [-0.15, -0.1) is 0 Å². The second-order valence-electron chi connectivity index (χ2n) is 2.28. The van der Waals surface area contributed by atoms with Gasteiger partial charge < -0.3 is 10.2 Å². The van der Waals surface area contributed by atoms with Crippen LogP contribution in [0.4, 0.5) is 0 Å². The SMILES string of the molecule is CC.CCC(=O)NCCCCON. The van der Waals surface area contributed by atoms with Crippen molar-refractivity contribution in [1.82, 2.24) is 5.32 Å². The molecule has 0 aromatic heterocycles. The molecule has 0 spiro atoms. The number of amides is 1. The van der Waals surface area contributed by atoms with Gasteiger partial charge in [0, 0.05) is 13.0 Å². The fourth-order valence-electron chi connectivity index (χ4n) is 0.663. The highest BCUT2D eigenvalue weighted by molar-refractivity contribution is 5.75. The monoisotopic (exact) mass is 190 g/mol. The van der Waals surface area contributed by atoms with Gasteiger partial charge in [0.1, 0.15) is 0 Å². The number of rotatable bonds is 6. The normalized spacial score (nSPS) is 8.62. The minimum absolute atomic E-state index is 0.0960. The van der Waals surface area contributed by atoms with Crippen molar-refractivity contribution in [2.45, 2.75) is 40.0 Å². The van der Waals surface area contributed by atoms with Gasteiger partial charge >= 0.3 is 0 Å². The molecule has 1 amide bonds. The van der Waals surface area contributed by atoms with E-state index in [2.05, 4.69) is 10.2 Å². The molecule has 0 aromatic carbocycles. The van der Waals surface area contributed by atoms with Gasteiger partial charge in [0.15, 0.2) is 0 Å². The molecule has 0 bridgehead atoms. The van der Waals surface area contributed by atoms with Crippen molar-refractivity contribution >= 4 is 5.91 Å². The molecule has 0 heterocycles. The summed E-state index contributed by atoms with van der Waals surface area (Å²) in [5.74, 6) is 4.91. The molecule has 0 saturated heterocycles. The van der Waals surface area contributed by atoms with E-state index in [4.69, 9.17) is 5.90 Å². The molecule has 80 valence electrons. The van der Waals surface area contributed by atoms with Crippen molar-refractivity contribution in [2.24, 2.45) is 5.90 Å². The standard InChI is InChI=1S/C7H16N2O2.C2H6/c1-2-7(10)9-5-3-4-6-11-8;1-2/h2-6,8H2,1H3,(H,9,10);1-2H3. The highest BCUT2D eigenvalue weighted by atomic mass is 16.6. The van der Waals surface area contributed by atoms with Crippen LogP contribution in [0.2, 0.25) is 0 Å². The summed E-state index contributed by atoms with van der Waals surface area (Å²) >= 11 is 0. The van der Waals surface area contributed by atoms with Crippen molar-refractivity contribution in [1.29, 1.82) is 0 Å². The molecule has 0 rings (SSSR count). The molecule has 0 unspecified atom stereocenters. The molecule has 4 nitrogen and oxygen atoms in total. The first-order valence-corrected chi connectivity index (χ1v) is 4.89. The molecule has 3 N–H and O–H groups in total. The molecule has 13 heavy (non-hydrogen) atoms. The van der Waals surface area contributed by atoms with E-state index in [1.54, 1.807) is 0 Å². The predicted molar refractivity (Wildman–Crippen MR) is 54.0 cm³/mol. The summed E-state index contributed by atoms with van der Waals surface area (Å²) in [6.45, 7) is 7.11. The van der Waals surface area contributed by atoms with Gasteiger partial charge in [0.25, 0.3) is 0 Å². The van der Waals surface area contributed by atoms with Gasteiger partial charge in [0.05, 0.1) is 6.61 Å². The minimum atomic E-state index is 0.0960. The van der Waals surface area contributed by atoms with E-state index in [9.17, 15) is 4.79 Å². The Morgan fingerprint density at radius 3 is 2.46 bits per heavy atom. The summed E-state index contributed by atoms with van der Waals surface area (Å²) in [7, 11) is 0. The molecule has 4 heteroatoms. The molecule has 0 atom stereocenters. The van der Waals surface area contributed by atoms with Crippen LogP contribution in [0.15, 0.2) is 0 Å². The predicted octanol–water partition coefficient (Wildman–Crippen LogP) is 1.21. The van der Waals surface area contributed by atoms with E-state index in [1.165, 1.54) is 0 Å². The van der Waals surface area contributed by atoms with Crippen LogP contribution in [-0.4, -0.2) is 19.1 Å². The Hall–Kier alpha value is -0.610. The second kappa shape index (κ2) is 13.9. The summed E-state index contributed by atoms with van der Waals surface area (Å²) in [6, 6.07) is 0. The second-order valence-corrected chi connectivity index (χ2v) is 2.28. The van der Waals surface area contributed by atoms with E-state index in [0.29, 0.717) is 13.0 Å². The molecular weight excluding hydrogens is 168 g/mol. The number of hydrogen-bond acceptors (Lipinski definition) is 3. The zero-order valence-electron chi connectivity index (χ0n) is 8.93. The Balaban J connectivity index is 0. The first kappa shape index (κ1) is 14.9. The van der Waals surface area contributed by atoms with Crippen molar-refractivity contribution in [3.05, 3.63) is 0 Å². The number of carbonyl (C=O) groups excluding carboxylic acids is 1. The van der Waals surface area contributed by atoms with E-state index in [1.807, 2.05) is 20.8 Å². The van der Waals surface area contributed by atoms with Gasteiger partial charge in [-0.1, -0.05) is 20.8 Å². The topological polar surface area (TPSA) is 64.3 Å². The van der Waals surface area contributed by atoms with Crippen LogP contribution in [0, 0.1) is 0 Å². The van der Waals surface area contributed by atoms with Crippen molar-refractivity contribution < 1.29 is 9.63 Å². The highest BCUT2D eigenvalue weighted by Gasteiger charge is 1.93. The van der Waals surface area contributed by atoms with Gasteiger partial charge in [-0.25, -0.2) is 5.90 Å². The van der Waals surface area contributed by atoms with Gasteiger partial charge in [-0.2, -0.15) is 0 Å². The quantitative estimate of drug-likeness (QED) is 0.489. The van der Waals surface area contributed by atoms with Crippen molar-refractivity contribution in [3.8, 4) is 0 Å². The first-order chi connectivity index (χ1) is 6.31. The number of carbonyl (C=O) groups is 1. The van der Waals surface area contributed by atoms with Crippen LogP contribution < -0.4 is 11.2 Å². The average molecular weight is 190 g/mol. The Labute approximate surface area is 80.8 Å². The number of unbranched alkanes of at least 4 members (excludes halogenated alkanes) is 1. The first-order valence-electron chi connectivity index (χ1n) is 4.89. The van der Waals surface area contributed by atoms with Crippen molar-refractivity contribution in [2.75, 3.05) is 13.2 Å². The number of nitrogens with one attached hydrogen (secondary N) is 1. The number of hydrogen-bond donors (Lipinski definition) is 2. The lowest BCUT2D eigenvalue weighted by Crippen LogP contribution is -2.23. The molecule has 0 aliphatic rings. The molecule has 0 radical (unpaired) electrons. The van der Waals surface area contributed by atoms with Gasteiger partial charge in [0.2, 0.25) is 5.91 Å². The summed E-state index contributed by atoms with van der Waals surface area (Å²) in [6.07, 6.45) is 2.36. The summed E-state index contributed by atoms with van der Waals surface area (Å²) in [5, 5.41) is 2.76. The van der Waals surface area contributed by atoms with E-state index < -0.39 is 0 Å². The third kappa shape index (κ3) is 14.3. The smallest absolute Gasteiger partial charge is 0.219 e. The van der Waals surface area contributed by atoms with Crippen LogP contribution in [0.5, 0.6) is 0 Å². The van der Waals surface area contributed by atoms with Gasteiger partial charge in [-0.3, -0.25) is 4.79 Å². The zero-order valence-corrected chi connectivity index (χ0v) is 8.93. The Kier molecular flexibility index (Phi) is 16.0. The summed E-state index contributed by atoms with van der Waals surface area (Å²) in [4.78, 5) is 15.0.